The van der Waals surface area contributed by atoms with Crippen LogP contribution in [0.1, 0.15) is 19.8 Å². The van der Waals surface area contributed by atoms with Gasteiger partial charge in [-0.15, -0.1) is 0 Å². The lowest BCUT2D eigenvalue weighted by Crippen LogP contribution is -2.41. The Bertz CT molecular complexity index is 269. The lowest BCUT2D eigenvalue weighted by Gasteiger charge is -2.32. The van der Waals surface area contributed by atoms with E-state index in [1.165, 1.54) is 6.92 Å². The van der Waals surface area contributed by atoms with Gasteiger partial charge in [0.1, 0.15) is 0 Å². The first-order chi connectivity index (χ1) is 5.98. The molecule has 2 atom stereocenters. The quantitative estimate of drug-likeness (QED) is 0.631. The second-order valence-corrected chi connectivity index (χ2v) is 3.52. The molecule has 13 heavy (non-hydrogen) atoms. The molecule has 0 amide bonds. The van der Waals surface area contributed by atoms with Crippen molar-refractivity contribution in [2.75, 3.05) is 0 Å². The van der Waals surface area contributed by atoms with Crippen LogP contribution in [-0.2, 0) is 9.59 Å². The maximum atomic E-state index is 10.9. The van der Waals surface area contributed by atoms with Crippen molar-refractivity contribution in [3.63, 3.8) is 0 Å². The lowest BCUT2D eigenvalue weighted by atomic mass is 9.70. The minimum Gasteiger partial charge on any atom is -0.481 e. The molecule has 0 aromatic heterocycles. The van der Waals surface area contributed by atoms with Gasteiger partial charge in [0.2, 0.25) is 0 Å². The molecule has 0 unspecified atom stereocenters. The van der Waals surface area contributed by atoms with Gasteiger partial charge in [0, 0.05) is 0 Å². The highest BCUT2D eigenvalue weighted by Crippen LogP contribution is 2.38. The third kappa shape index (κ3) is 1.56. The summed E-state index contributed by atoms with van der Waals surface area (Å²) in [6.45, 7) is 1.48. The van der Waals surface area contributed by atoms with E-state index >= 15 is 0 Å². The molecule has 0 aliphatic heterocycles. The van der Waals surface area contributed by atoms with Crippen LogP contribution >= 0.6 is 0 Å². The molecular weight excluding hydrogens is 172 g/mol. The van der Waals surface area contributed by atoms with Gasteiger partial charge in [0.25, 0.3) is 0 Å². The van der Waals surface area contributed by atoms with Gasteiger partial charge in [-0.05, 0) is 19.8 Å². The number of carboxylic acid groups (broad SMARTS) is 2. The third-order valence-electron chi connectivity index (χ3n) is 2.64. The van der Waals surface area contributed by atoms with Gasteiger partial charge in [-0.1, -0.05) is 12.2 Å². The van der Waals surface area contributed by atoms with Crippen molar-refractivity contribution in [2.45, 2.75) is 19.8 Å². The molecule has 0 saturated heterocycles. The van der Waals surface area contributed by atoms with E-state index in [9.17, 15) is 9.59 Å². The minimum atomic E-state index is -1.15. The maximum Gasteiger partial charge on any atom is 0.310 e. The number of aliphatic carboxylic acids is 2. The van der Waals surface area contributed by atoms with E-state index in [1.807, 2.05) is 0 Å². The fraction of sp³-hybridized carbons (Fsp3) is 0.556. The highest BCUT2D eigenvalue weighted by atomic mass is 16.4. The highest BCUT2D eigenvalue weighted by molar-refractivity contribution is 5.83. The molecule has 0 radical (unpaired) electrons. The van der Waals surface area contributed by atoms with E-state index in [-0.39, 0.29) is 0 Å². The fourth-order valence-electron chi connectivity index (χ4n) is 1.57. The Labute approximate surface area is 75.9 Å². The van der Waals surface area contributed by atoms with Gasteiger partial charge < -0.3 is 10.2 Å². The van der Waals surface area contributed by atoms with Crippen molar-refractivity contribution in [3.05, 3.63) is 12.2 Å². The molecular formula is C9H12O4. The second kappa shape index (κ2) is 3.20. The van der Waals surface area contributed by atoms with Crippen molar-refractivity contribution in [3.8, 4) is 0 Å². The van der Waals surface area contributed by atoms with Crippen molar-refractivity contribution < 1.29 is 19.8 Å². The van der Waals surface area contributed by atoms with Crippen LogP contribution in [0, 0.1) is 11.3 Å². The zero-order valence-corrected chi connectivity index (χ0v) is 7.36. The van der Waals surface area contributed by atoms with Gasteiger partial charge in [0.15, 0.2) is 0 Å². The van der Waals surface area contributed by atoms with Gasteiger partial charge in [-0.3, -0.25) is 9.59 Å². The van der Waals surface area contributed by atoms with Crippen LogP contribution in [0.5, 0.6) is 0 Å². The van der Waals surface area contributed by atoms with Crippen molar-refractivity contribution in [2.24, 2.45) is 11.3 Å². The summed E-state index contributed by atoms with van der Waals surface area (Å²) in [5.41, 5.74) is -1.15. The number of hydrogen-bond acceptors (Lipinski definition) is 2. The summed E-state index contributed by atoms with van der Waals surface area (Å²) in [5.74, 6) is -2.88. The summed E-state index contributed by atoms with van der Waals surface area (Å²) in [6, 6.07) is 0. The first kappa shape index (κ1) is 9.77. The molecule has 72 valence electrons. The Morgan fingerprint density at radius 3 is 2.38 bits per heavy atom. The highest BCUT2D eigenvalue weighted by Gasteiger charge is 2.45. The van der Waals surface area contributed by atoms with Crippen LogP contribution in [-0.4, -0.2) is 22.2 Å². The van der Waals surface area contributed by atoms with Gasteiger partial charge >= 0.3 is 11.9 Å². The molecule has 0 fully saturated rings. The summed E-state index contributed by atoms with van der Waals surface area (Å²) in [6.07, 6.45) is 4.05. The maximum absolute atomic E-state index is 10.9. The number of carbonyl (C=O) groups is 2. The van der Waals surface area contributed by atoms with E-state index < -0.39 is 23.3 Å². The molecule has 1 aliphatic carbocycles. The zero-order chi connectivity index (χ0) is 10.1. The summed E-state index contributed by atoms with van der Waals surface area (Å²) in [7, 11) is 0. The molecule has 0 bridgehead atoms. The summed E-state index contributed by atoms with van der Waals surface area (Å²) in [4.78, 5) is 21.7. The monoisotopic (exact) mass is 184 g/mol. The predicted molar refractivity (Wildman–Crippen MR) is 45.2 cm³/mol. The van der Waals surface area contributed by atoms with Crippen LogP contribution in [0.15, 0.2) is 12.2 Å². The average Bonchev–Trinajstić information content (AvgIpc) is 2.04. The fourth-order valence-corrected chi connectivity index (χ4v) is 1.57. The SMILES string of the molecule is C[C@]1(C(=O)O)CC=CC[C@H]1C(=O)O. The Morgan fingerprint density at radius 2 is 2.00 bits per heavy atom. The van der Waals surface area contributed by atoms with Gasteiger partial charge in [0.05, 0.1) is 11.3 Å². The number of allylic oxidation sites excluding steroid dienone is 2. The summed E-state index contributed by atoms with van der Waals surface area (Å²) < 4.78 is 0. The molecule has 2 N–H and O–H groups in total. The normalized spacial score (nSPS) is 32.8. The third-order valence-corrected chi connectivity index (χ3v) is 2.64. The van der Waals surface area contributed by atoms with Crippen molar-refractivity contribution in [1.82, 2.24) is 0 Å². The van der Waals surface area contributed by atoms with Crippen LogP contribution in [0.3, 0.4) is 0 Å². The molecule has 0 saturated carbocycles. The number of hydrogen-bond donors (Lipinski definition) is 2. The predicted octanol–water partition coefficient (Wildman–Crippen LogP) is 1.13. The molecule has 0 aromatic carbocycles. The molecule has 4 nitrogen and oxygen atoms in total. The van der Waals surface area contributed by atoms with E-state index in [1.54, 1.807) is 12.2 Å². The molecule has 4 heteroatoms. The zero-order valence-electron chi connectivity index (χ0n) is 7.36. The largest absolute Gasteiger partial charge is 0.481 e. The van der Waals surface area contributed by atoms with Crippen LogP contribution in [0.25, 0.3) is 0 Å². The summed E-state index contributed by atoms with van der Waals surface area (Å²) in [5, 5.41) is 17.7. The molecule has 0 heterocycles. The van der Waals surface area contributed by atoms with Crippen LogP contribution in [0.4, 0.5) is 0 Å². The first-order valence-electron chi connectivity index (χ1n) is 4.09. The molecule has 1 rings (SSSR count). The number of carboxylic acids is 2. The number of rotatable bonds is 2. The summed E-state index contributed by atoms with van der Waals surface area (Å²) >= 11 is 0. The minimum absolute atomic E-state index is 0.291. The molecule has 1 aliphatic rings. The van der Waals surface area contributed by atoms with Crippen molar-refractivity contribution in [1.29, 1.82) is 0 Å². The topological polar surface area (TPSA) is 74.6 Å². The Balaban J connectivity index is 2.99. The van der Waals surface area contributed by atoms with Gasteiger partial charge in [-0.25, -0.2) is 0 Å². The van der Waals surface area contributed by atoms with E-state index in [0.717, 1.165) is 0 Å². The van der Waals surface area contributed by atoms with Crippen LogP contribution in [0.2, 0.25) is 0 Å². The van der Waals surface area contributed by atoms with E-state index in [2.05, 4.69) is 0 Å². The molecule has 0 spiro atoms. The Kier molecular flexibility index (Phi) is 2.40. The lowest BCUT2D eigenvalue weighted by molar-refractivity contribution is -0.161. The van der Waals surface area contributed by atoms with Crippen molar-refractivity contribution >= 4 is 11.9 Å². The standard InChI is InChI=1S/C9H12O4/c1-9(8(12)13)5-3-2-4-6(9)7(10)11/h2-3,6H,4-5H2,1H3,(H,10,11)(H,12,13)/t6-,9-/m0/s1. The molecule has 0 aromatic rings. The average molecular weight is 184 g/mol. The Morgan fingerprint density at radius 1 is 1.38 bits per heavy atom. The van der Waals surface area contributed by atoms with E-state index in [0.29, 0.717) is 12.8 Å². The van der Waals surface area contributed by atoms with Crippen LogP contribution < -0.4 is 0 Å². The van der Waals surface area contributed by atoms with Gasteiger partial charge in [-0.2, -0.15) is 0 Å². The Hall–Kier alpha value is -1.32. The first-order valence-corrected chi connectivity index (χ1v) is 4.09. The second-order valence-electron chi connectivity index (χ2n) is 3.52. The smallest absolute Gasteiger partial charge is 0.310 e. The van der Waals surface area contributed by atoms with E-state index in [4.69, 9.17) is 10.2 Å².